The number of nitrogens with zero attached hydrogens (tertiary/aromatic N) is 2. The molecule has 19 heavy (non-hydrogen) atoms. The summed E-state index contributed by atoms with van der Waals surface area (Å²) in [4.78, 5) is 15.7. The summed E-state index contributed by atoms with van der Waals surface area (Å²) >= 11 is 0. The van der Waals surface area contributed by atoms with E-state index in [0.29, 0.717) is 18.5 Å². The molecule has 2 aromatic heterocycles. The molecule has 0 unspecified atom stereocenters. The van der Waals surface area contributed by atoms with Gasteiger partial charge in [-0.15, -0.1) is 0 Å². The van der Waals surface area contributed by atoms with Gasteiger partial charge in [0, 0.05) is 24.4 Å². The molecule has 0 saturated heterocycles. The van der Waals surface area contributed by atoms with Crippen molar-refractivity contribution in [3.63, 3.8) is 0 Å². The molecule has 1 N–H and O–H groups in total. The average molecular weight is 267 g/mol. The minimum Gasteiger partial charge on any atom is -0.324 e. The Hall–Kier alpha value is -1.98. The SMILES string of the molecule is CCCC(=O)Nc1cn2cc(C)nc2cc1C(F)F. The Morgan fingerprint density at radius 3 is 2.84 bits per heavy atom. The van der Waals surface area contributed by atoms with E-state index in [1.165, 1.54) is 12.3 Å². The summed E-state index contributed by atoms with van der Waals surface area (Å²) in [6.07, 6.45) is 1.52. The molecule has 0 fully saturated rings. The minimum absolute atomic E-state index is 0.137. The number of halogens is 2. The number of amides is 1. The van der Waals surface area contributed by atoms with Crippen LogP contribution in [0.1, 0.15) is 37.4 Å². The lowest BCUT2D eigenvalue weighted by molar-refractivity contribution is -0.116. The summed E-state index contributed by atoms with van der Waals surface area (Å²) in [6, 6.07) is 1.30. The van der Waals surface area contributed by atoms with Gasteiger partial charge in [0.1, 0.15) is 5.65 Å². The smallest absolute Gasteiger partial charge is 0.266 e. The molecular weight excluding hydrogens is 252 g/mol. The maximum absolute atomic E-state index is 13.0. The number of carbonyl (C=O) groups is 1. The maximum atomic E-state index is 13.0. The first-order valence-corrected chi connectivity index (χ1v) is 6.08. The van der Waals surface area contributed by atoms with Crippen molar-refractivity contribution in [3.8, 4) is 0 Å². The van der Waals surface area contributed by atoms with Crippen LogP contribution in [0.3, 0.4) is 0 Å². The number of aromatic nitrogens is 2. The highest BCUT2D eigenvalue weighted by atomic mass is 19.3. The third-order valence-electron chi connectivity index (χ3n) is 2.73. The molecule has 0 aromatic carbocycles. The van der Waals surface area contributed by atoms with Gasteiger partial charge in [-0.2, -0.15) is 0 Å². The summed E-state index contributed by atoms with van der Waals surface area (Å²) in [5.74, 6) is -0.263. The van der Waals surface area contributed by atoms with Gasteiger partial charge >= 0.3 is 0 Å². The number of hydrogen-bond donors (Lipinski definition) is 1. The molecule has 0 aliphatic carbocycles. The highest BCUT2D eigenvalue weighted by Crippen LogP contribution is 2.28. The average Bonchev–Trinajstić information content (AvgIpc) is 2.67. The van der Waals surface area contributed by atoms with E-state index in [-0.39, 0.29) is 17.2 Å². The maximum Gasteiger partial charge on any atom is 0.266 e. The Bertz CT molecular complexity index is 607. The van der Waals surface area contributed by atoms with Crippen LogP contribution >= 0.6 is 0 Å². The number of aryl methyl sites for hydroxylation is 1. The van der Waals surface area contributed by atoms with Crippen molar-refractivity contribution in [2.45, 2.75) is 33.1 Å². The Balaban J connectivity index is 2.44. The minimum atomic E-state index is -2.65. The summed E-state index contributed by atoms with van der Waals surface area (Å²) in [7, 11) is 0. The zero-order valence-electron chi connectivity index (χ0n) is 10.8. The number of hydrogen-bond acceptors (Lipinski definition) is 2. The summed E-state index contributed by atoms with van der Waals surface area (Å²) in [6.45, 7) is 3.64. The first-order valence-electron chi connectivity index (χ1n) is 6.08. The van der Waals surface area contributed by atoms with Gasteiger partial charge in [0.15, 0.2) is 0 Å². The lowest BCUT2D eigenvalue weighted by Gasteiger charge is -2.11. The Kier molecular flexibility index (Phi) is 3.78. The van der Waals surface area contributed by atoms with Crippen molar-refractivity contribution in [1.82, 2.24) is 9.38 Å². The van der Waals surface area contributed by atoms with Crippen molar-refractivity contribution >= 4 is 17.2 Å². The summed E-state index contributed by atoms with van der Waals surface area (Å²) in [5, 5.41) is 2.53. The fourth-order valence-electron chi connectivity index (χ4n) is 1.90. The number of imidazole rings is 1. The van der Waals surface area contributed by atoms with E-state index in [1.807, 2.05) is 6.92 Å². The number of alkyl halides is 2. The second-order valence-corrected chi connectivity index (χ2v) is 4.39. The molecule has 2 rings (SSSR count). The topological polar surface area (TPSA) is 46.4 Å². The molecule has 0 atom stereocenters. The number of anilines is 1. The van der Waals surface area contributed by atoms with Crippen LogP contribution in [0, 0.1) is 6.92 Å². The van der Waals surface area contributed by atoms with Gasteiger partial charge < -0.3 is 9.72 Å². The van der Waals surface area contributed by atoms with Gasteiger partial charge in [-0.3, -0.25) is 4.79 Å². The number of fused-ring (bicyclic) bond motifs is 1. The monoisotopic (exact) mass is 267 g/mol. The highest BCUT2D eigenvalue weighted by molar-refractivity contribution is 5.91. The molecule has 0 aliphatic heterocycles. The molecule has 0 spiro atoms. The molecule has 102 valence electrons. The van der Waals surface area contributed by atoms with Gasteiger partial charge in [-0.1, -0.05) is 6.92 Å². The van der Waals surface area contributed by atoms with Crippen molar-refractivity contribution in [3.05, 3.63) is 29.7 Å². The fraction of sp³-hybridized carbons (Fsp3) is 0.385. The summed E-state index contributed by atoms with van der Waals surface area (Å²) < 4.78 is 27.6. The van der Waals surface area contributed by atoms with Crippen molar-refractivity contribution in [1.29, 1.82) is 0 Å². The largest absolute Gasteiger partial charge is 0.324 e. The normalized spacial score (nSPS) is 11.2. The quantitative estimate of drug-likeness (QED) is 0.923. The number of rotatable bonds is 4. The van der Waals surface area contributed by atoms with Crippen molar-refractivity contribution in [2.24, 2.45) is 0 Å². The molecular formula is C13H15F2N3O. The van der Waals surface area contributed by atoms with Gasteiger partial charge in [0.05, 0.1) is 11.4 Å². The van der Waals surface area contributed by atoms with Crippen LogP contribution in [0.15, 0.2) is 18.5 Å². The number of pyridine rings is 1. The Labute approximate surface area is 109 Å². The molecule has 6 heteroatoms. The van der Waals surface area contributed by atoms with E-state index in [2.05, 4.69) is 10.3 Å². The zero-order valence-corrected chi connectivity index (χ0v) is 10.8. The van der Waals surface area contributed by atoms with Crippen LogP contribution in [-0.2, 0) is 4.79 Å². The second-order valence-electron chi connectivity index (χ2n) is 4.39. The van der Waals surface area contributed by atoms with E-state index in [9.17, 15) is 13.6 Å². The van der Waals surface area contributed by atoms with E-state index in [1.54, 1.807) is 17.5 Å². The van der Waals surface area contributed by atoms with Crippen molar-refractivity contribution in [2.75, 3.05) is 5.32 Å². The van der Waals surface area contributed by atoms with Crippen LogP contribution < -0.4 is 5.32 Å². The van der Waals surface area contributed by atoms with Crippen LogP contribution in [-0.4, -0.2) is 15.3 Å². The first kappa shape index (κ1) is 13.5. The number of nitrogens with one attached hydrogen (secondary N) is 1. The van der Waals surface area contributed by atoms with Gasteiger partial charge in [0.25, 0.3) is 6.43 Å². The lowest BCUT2D eigenvalue weighted by Crippen LogP contribution is -2.13. The molecule has 2 heterocycles. The highest BCUT2D eigenvalue weighted by Gasteiger charge is 2.16. The van der Waals surface area contributed by atoms with E-state index >= 15 is 0 Å². The molecule has 0 bridgehead atoms. The predicted molar refractivity (Wildman–Crippen MR) is 68.4 cm³/mol. The van der Waals surface area contributed by atoms with Crippen LogP contribution in [0.25, 0.3) is 5.65 Å². The van der Waals surface area contributed by atoms with Crippen LogP contribution in [0.4, 0.5) is 14.5 Å². The van der Waals surface area contributed by atoms with Crippen molar-refractivity contribution < 1.29 is 13.6 Å². The third-order valence-corrected chi connectivity index (χ3v) is 2.73. The van der Waals surface area contributed by atoms with Gasteiger partial charge in [-0.25, -0.2) is 13.8 Å². The second kappa shape index (κ2) is 5.34. The van der Waals surface area contributed by atoms with Crippen LogP contribution in [0.2, 0.25) is 0 Å². The number of carbonyl (C=O) groups excluding carboxylic acids is 1. The lowest BCUT2D eigenvalue weighted by atomic mass is 10.2. The fourth-order valence-corrected chi connectivity index (χ4v) is 1.90. The molecule has 1 amide bonds. The molecule has 2 aromatic rings. The Morgan fingerprint density at radius 2 is 2.21 bits per heavy atom. The molecule has 0 aliphatic rings. The predicted octanol–water partition coefficient (Wildman–Crippen LogP) is 3.32. The van der Waals surface area contributed by atoms with E-state index in [0.717, 1.165) is 5.69 Å². The molecule has 0 radical (unpaired) electrons. The first-order chi connectivity index (χ1) is 9.01. The molecule has 0 saturated carbocycles. The zero-order chi connectivity index (χ0) is 14.0. The van der Waals surface area contributed by atoms with Crippen LogP contribution in [0.5, 0.6) is 0 Å². The van der Waals surface area contributed by atoms with E-state index < -0.39 is 6.43 Å². The van der Waals surface area contributed by atoms with Gasteiger partial charge in [-0.05, 0) is 19.4 Å². The standard InChI is InChI=1S/C13H15F2N3O/c1-3-4-12(19)17-10-7-18-6-8(2)16-11(18)5-9(10)13(14)15/h5-7,13H,3-4H2,1-2H3,(H,17,19). The summed E-state index contributed by atoms with van der Waals surface area (Å²) in [5.41, 5.74) is 1.11. The third kappa shape index (κ3) is 2.89. The Morgan fingerprint density at radius 1 is 1.47 bits per heavy atom. The van der Waals surface area contributed by atoms with Gasteiger partial charge in [0.2, 0.25) is 5.91 Å². The van der Waals surface area contributed by atoms with E-state index in [4.69, 9.17) is 0 Å². The molecule has 4 nitrogen and oxygen atoms in total.